The van der Waals surface area contributed by atoms with Gasteiger partial charge >= 0.3 is 6.18 Å². The van der Waals surface area contributed by atoms with Crippen LogP contribution in [0.25, 0.3) is 0 Å². The number of nitrogens with zero attached hydrogens (tertiary/aromatic N) is 1. The molecule has 2 aromatic carbocycles. The summed E-state index contributed by atoms with van der Waals surface area (Å²) in [7, 11) is 0. The third kappa shape index (κ3) is 4.67. The van der Waals surface area contributed by atoms with E-state index in [4.69, 9.17) is 0 Å². The maximum Gasteiger partial charge on any atom is 0.416 e. The van der Waals surface area contributed by atoms with Gasteiger partial charge in [-0.05, 0) is 30.2 Å². The zero-order valence-electron chi connectivity index (χ0n) is 14.5. The van der Waals surface area contributed by atoms with E-state index in [-0.39, 0.29) is 30.5 Å². The Kier molecular flexibility index (Phi) is 5.48. The van der Waals surface area contributed by atoms with Crippen LogP contribution < -0.4 is 10.2 Å². The largest absolute Gasteiger partial charge is 0.416 e. The van der Waals surface area contributed by atoms with Crippen LogP contribution >= 0.6 is 0 Å². The summed E-state index contributed by atoms with van der Waals surface area (Å²) in [5, 5.41) is 2.80. The van der Waals surface area contributed by atoms with E-state index in [1.165, 1.54) is 17.0 Å². The summed E-state index contributed by atoms with van der Waals surface area (Å²) in [5.41, 5.74) is 0.434. The van der Waals surface area contributed by atoms with E-state index in [9.17, 15) is 22.8 Å². The van der Waals surface area contributed by atoms with Crippen LogP contribution in [0.1, 0.15) is 17.5 Å². The molecule has 7 heteroatoms. The van der Waals surface area contributed by atoms with Gasteiger partial charge in [0, 0.05) is 25.2 Å². The molecule has 0 aliphatic carbocycles. The van der Waals surface area contributed by atoms with Gasteiger partial charge in [-0.1, -0.05) is 36.4 Å². The highest BCUT2D eigenvalue weighted by Gasteiger charge is 2.36. The van der Waals surface area contributed by atoms with E-state index in [0.29, 0.717) is 13.0 Å². The lowest BCUT2D eigenvalue weighted by atomic mass is 10.1. The molecule has 1 N–H and O–H groups in total. The number of carbonyl (C=O) groups is 2. The predicted molar refractivity (Wildman–Crippen MR) is 95.1 cm³/mol. The molecule has 1 atom stereocenters. The first kappa shape index (κ1) is 18.9. The van der Waals surface area contributed by atoms with Crippen molar-refractivity contribution in [3.8, 4) is 0 Å². The van der Waals surface area contributed by atoms with Crippen LogP contribution in [0.4, 0.5) is 18.9 Å². The lowest BCUT2D eigenvalue weighted by Crippen LogP contribution is -2.34. The molecule has 4 nitrogen and oxygen atoms in total. The van der Waals surface area contributed by atoms with Gasteiger partial charge in [-0.2, -0.15) is 13.2 Å². The van der Waals surface area contributed by atoms with Crippen molar-refractivity contribution in [3.05, 3.63) is 65.7 Å². The van der Waals surface area contributed by atoms with Crippen LogP contribution in [0.2, 0.25) is 0 Å². The van der Waals surface area contributed by atoms with Crippen molar-refractivity contribution in [2.24, 2.45) is 5.92 Å². The molecule has 27 heavy (non-hydrogen) atoms. The highest BCUT2D eigenvalue weighted by Crippen LogP contribution is 2.33. The maximum atomic E-state index is 12.9. The summed E-state index contributed by atoms with van der Waals surface area (Å²) in [6.07, 6.45) is -3.81. The van der Waals surface area contributed by atoms with Gasteiger partial charge in [0.1, 0.15) is 0 Å². The molecule has 0 spiro atoms. The first-order valence-electron chi connectivity index (χ1n) is 8.64. The molecule has 1 heterocycles. The third-order valence-corrected chi connectivity index (χ3v) is 4.54. The molecule has 0 unspecified atom stereocenters. The summed E-state index contributed by atoms with van der Waals surface area (Å²) in [5.74, 6) is -1.17. The van der Waals surface area contributed by atoms with Crippen molar-refractivity contribution in [1.82, 2.24) is 5.32 Å². The normalized spacial score (nSPS) is 17.2. The molecule has 1 saturated heterocycles. The molecule has 0 radical (unpaired) electrons. The molecule has 2 amide bonds. The smallest absolute Gasteiger partial charge is 0.355 e. The third-order valence-electron chi connectivity index (χ3n) is 4.54. The van der Waals surface area contributed by atoms with Gasteiger partial charge in [-0.15, -0.1) is 0 Å². The Labute approximate surface area is 155 Å². The number of halogens is 3. The number of alkyl halides is 3. The zero-order chi connectivity index (χ0) is 19.4. The molecule has 0 saturated carbocycles. The summed E-state index contributed by atoms with van der Waals surface area (Å²) < 4.78 is 38.6. The van der Waals surface area contributed by atoms with E-state index in [0.717, 1.165) is 17.7 Å². The zero-order valence-corrected chi connectivity index (χ0v) is 14.5. The monoisotopic (exact) mass is 376 g/mol. The first-order chi connectivity index (χ1) is 12.8. The van der Waals surface area contributed by atoms with Gasteiger partial charge in [0.15, 0.2) is 0 Å². The number of hydrogen-bond donors (Lipinski definition) is 1. The lowest BCUT2D eigenvalue weighted by Gasteiger charge is -2.18. The topological polar surface area (TPSA) is 49.4 Å². The fraction of sp³-hybridized carbons (Fsp3) is 0.300. The summed E-state index contributed by atoms with van der Waals surface area (Å²) >= 11 is 0. The highest BCUT2D eigenvalue weighted by molar-refractivity contribution is 6.00. The molecule has 3 rings (SSSR count). The summed E-state index contributed by atoms with van der Waals surface area (Å²) in [4.78, 5) is 25.8. The van der Waals surface area contributed by atoms with Crippen LogP contribution in [0, 0.1) is 5.92 Å². The Bertz CT molecular complexity index is 821. The fourth-order valence-corrected chi connectivity index (χ4v) is 3.10. The summed E-state index contributed by atoms with van der Waals surface area (Å²) in [6, 6.07) is 14.3. The van der Waals surface area contributed by atoms with Crippen LogP contribution in [0.15, 0.2) is 54.6 Å². The highest BCUT2D eigenvalue weighted by atomic mass is 19.4. The fourth-order valence-electron chi connectivity index (χ4n) is 3.10. The van der Waals surface area contributed by atoms with Crippen molar-refractivity contribution >= 4 is 17.5 Å². The van der Waals surface area contributed by atoms with Crippen LogP contribution in [-0.4, -0.2) is 24.9 Å². The molecule has 142 valence electrons. The predicted octanol–water partition coefficient (Wildman–Crippen LogP) is 3.42. The number of anilines is 1. The van der Waals surface area contributed by atoms with Gasteiger partial charge in [0.05, 0.1) is 11.5 Å². The molecule has 1 aliphatic rings. The number of hydrogen-bond acceptors (Lipinski definition) is 2. The van der Waals surface area contributed by atoms with Crippen molar-refractivity contribution in [2.75, 3.05) is 18.0 Å². The summed E-state index contributed by atoms with van der Waals surface area (Å²) in [6.45, 7) is 0.522. The van der Waals surface area contributed by atoms with Gasteiger partial charge in [-0.25, -0.2) is 0 Å². The molecule has 1 aliphatic heterocycles. The molecule has 2 aromatic rings. The number of nitrogens with one attached hydrogen (secondary N) is 1. The van der Waals surface area contributed by atoms with E-state index in [1.807, 2.05) is 30.3 Å². The van der Waals surface area contributed by atoms with Gasteiger partial charge in [-0.3, -0.25) is 9.59 Å². The van der Waals surface area contributed by atoms with E-state index in [2.05, 4.69) is 5.32 Å². The number of rotatable bonds is 5. The minimum Gasteiger partial charge on any atom is -0.355 e. The van der Waals surface area contributed by atoms with E-state index >= 15 is 0 Å². The Balaban J connectivity index is 1.59. The van der Waals surface area contributed by atoms with Crippen LogP contribution in [0.5, 0.6) is 0 Å². The second kappa shape index (κ2) is 7.82. The average molecular weight is 376 g/mol. The molecule has 0 bridgehead atoms. The second-order valence-corrected chi connectivity index (χ2v) is 6.48. The molecular weight excluding hydrogens is 357 g/mol. The quantitative estimate of drug-likeness (QED) is 0.869. The van der Waals surface area contributed by atoms with Crippen molar-refractivity contribution in [3.63, 3.8) is 0 Å². The van der Waals surface area contributed by atoms with Crippen LogP contribution in [0.3, 0.4) is 0 Å². The molecule has 0 aromatic heterocycles. The van der Waals surface area contributed by atoms with Crippen molar-refractivity contribution in [1.29, 1.82) is 0 Å². The van der Waals surface area contributed by atoms with Crippen LogP contribution in [-0.2, 0) is 22.2 Å². The Morgan fingerprint density at radius 1 is 1.11 bits per heavy atom. The van der Waals surface area contributed by atoms with Gasteiger partial charge in [0.2, 0.25) is 11.8 Å². The van der Waals surface area contributed by atoms with Crippen molar-refractivity contribution in [2.45, 2.75) is 19.0 Å². The van der Waals surface area contributed by atoms with E-state index < -0.39 is 17.7 Å². The SMILES string of the molecule is O=C(NCCc1ccccc1)[C@H]1CC(=O)N(c2cccc(C(F)(F)F)c2)C1. The van der Waals surface area contributed by atoms with E-state index in [1.54, 1.807) is 0 Å². The average Bonchev–Trinajstić information content (AvgIpc) is 3.04. The second-order valence-electron chi connectivity index (χ2n) is 6.48. The van der Waals surface area contributed by atoms with Crippen molar-refractivity contribution < 1.29 is 22.8 Å². The molecule has 1 fully saturated rings. The number of carbonyl (C=O) groups excluding carboxylic acids is 2. The van der Waals surface area contributed by atoms with Gasteiger partial charge in [0.25, 0.3) is 0 Å². The van der Waals surface area contributed by atoms with Gasteiger partial charge < -0.3 is 10.2 Å². The minimum atomic E-state index is -4.48. The lowest BCUT2D eigenvalue weighted by molar-refractivity contribution is -0.137. The number of benzene rings is 2. The first-order valence-corrected chi connectivity index (χ1v) is 8.64. The Morgan fingerprint density at radius 2 is 1.85 bits per heavy atom. The Hall–Kier alpha value is -2.83. The standard InChI is InChI=1S/C20H19F3N2O2/c21-20(22,23)16-7-4-8-17(12-16)25-13-15(11-18(25)26)19(27)24-10-9-14-5-2-1-3-6-14/h1-8,12,15H,9-11,13H2,(H,24,27)/t15-/m0/s1. The molecular formula is C20H19F3N2O2. The maximum absolute atomic E-state index is 12.9. The Morgan fingerprint density at radius 3 is 2.56 bits per heavy atom. The minimum absolute atomic E-state index is 0.00653. The number of amides is 2.